The zero-order chi connectivity index (χ0) is 24.4. The third-order valence-electron chi connectivity index (χ3n) is 6.08. The monoisotopic (exact) mass is 482 g/mol. The lowest BCUT2D eigenvalue weighted by Gasteiger charge is -2.11. The molecule has 6 nitrogen and oxygen atoms in total. The number of aryl methyl sites for hydroxylation is 2. The summed E-state index contributed by atoms with van der Waals surface area (Å²) in [5, 5.41) is 9.61. The van der Waals surface area contributed by atoms with Gasteiger partial charge in [-0.1, -0.05) is 60.3 Å². The number of Topliss-reactive ketones (excluding diaryl/α,β-unsaturated/α-hetero) is 1. The van der Waals surface area contributed by atoms with Gasteiger partial charge in [0.25, 0.3) is 0 Å². The van der Waals surface area contributed by atoms with E-state index in [4.69, 9.17) is 4.42 Å². The molecular formula is C28H26N4O2S. The van der Waals surface area contributed by atoms with Crippen molar-refractivity contribution in [3.63, 3.8) is 0 Å². The molecule has 0 amide bonds. The SMILES string of the molecule is Cc1occc1-c1nnc(SCC(=O)c2cc(C)n(-c3ccccc3)c2C)n1Cc1ccccc1. The average molecular weight is 483 g/mol. The van der Waals surface area contributed by atoms with E-state index in [9.17, 15) is 4.79 Å². The van der Waals surface area contributed by atoms with Crippen molar-refractivity contribution in [2.24, 2.45) is 0 Å². The van der Waals surface area contributed by atoms with E-state index in [0.29, 0.717) is 11.7 Å². The fourth-order valence-corrected chi connectivity index (χ4v) is 5.17. The maximum atomic E-state index is 13.3. The molecule has 0 saturated carbocycles. The highest BCUT2D eigenvalue weighted by Crippen LogP contribution is 2.29. The largest absolute Gasteiger partial charge is 0.469 e. The summed E-state index contributed by atoms with van der Waals surface area (Å²) in [4.78, 5) is 13.3. The van der Waals surface area contributed by atoms with Crippen LogP contribution in [0.5, 0.6) is 0 Å². The molecule has 0 radical (unpaired) electrons. The lowest BCUT2D eigenvalue weighted by molar-refractivity contribution is 0.102. The quantitative estimate of drug-likeness (QED) is 0.192. The van der Waals surface area contributed by atoms with Crippen LogP contribution in [0.25, 0.3) is 17.1 Å². The Hall–Kier alpha value is -3.84. The van der Waals surface area contributed by atoms with Gasteiger partial charge in [-0.3, -0.25) is 9.36 Å². The van der Waals surface area contributed by atoms with Gasteiger partial charge in [0.1, 0.15) is 5.76 Å². The van der Waals surface area contributed by atoms with E-state index >= 15 is 0 Å². The molecule has 0 N–H and O–H groups in total. The highest BCUT2D eigenvalue weighted by Gasteiger charge is 2.21. The predicted molar refractivity (Wildman–Crippen MR) is 138 cm³/mol. The van der Waals surface area contributed by atoms with Crippen molar-refractivity contribution in [1.29, 1.82) is 0 Å². The minimum absolute atomic E-state index is 0.0700. The van der Waals surface area contributed by atoms with Crippen molar-refractivity contribution in [3.05, 3.63) is 107 Å². The van der Waals surface area contributed by atoms with Crippen LogP contribution >= 0.6 is 11.8 Å². The highest BCUT2D eigenvalue weighted by molar-refractivity contribution is 7.99. The van der Waals surface area contributed by atoms with Crippen molar-refractivity contribution in [2.45, 2.75) is 32.5 Å². The number of hydrogen-bond donors (Lipinski definition) is 0. The van der Waals surface area contributed by atoms with Crippen LogP contribution in [0.1, 0.15) is 33.1 Å². The number of para-hydroxylation sites is 1. The Morgan fingerprint density at radius 2 is 1.66 bits per heavy atom. The molecule has 176 valence electrons. The molecule has 7 heteroatoms. The van der Waals surface area contributed by atoms with Gasteiger partial charge >= 0.3 is 0 Å². The first kappa shape index (κ1) is 22.9. The van der Waals surface area contributed by atoms with Crippen LogP contribution in [0, 0.1) is 20.8 Å². The fraction of sp³-hybridized carbons (Fsp3) is 0.179. The molecule has 3 aromatic heterocycles. The van der Waals surface area contributed by atoms with Gasteiger partial charge in [0.05, 0.1) is 24.1 Å². The summed E-state index contributed by atoms with van der Waals surface area (Å²) in [6, 6.07) is 24.1. The molecule has 0 saturated heterocycles. The van der Waals surface area contributed by atoms with E-state index in [2.05, 4.69) is 43.6 Å². The third kappa shape index (κ3) is 4.59. The molecule has 0 bridgehead atoms. The zero-order valence-corrected chi connectivity index (χ0v) is 20.7. The number of aromatic nitrogens is 4. The molecule has 35 heavy (non-hydrogen) atoms. The molecule has 0 spiro atoms. The summed E-state index contributed by atoms with van der Waals surface area (Å²) < 4.78 is 9.68. The second-order valence-electron chi connectivity index (χ2n) is 8.44. The third-order valence-corrected chi connectivity index (χ3v) is 7.05. The number of ketones is 1. The molecule has 0 aliphatic carbocycles. The number of nitrogens with zero attached hydrogens (tertiary/aromatic N) is 4. The van der Waals surface area contributed by atoms with Crippen molar-refractivity contribution in [1.82, 2.24) is 19.3 Å². The van der Waals surface area contributed by atoms with Gasteiger partial charge in [-0.05, 0) is 50.6 Å². The number of hydrogen-bond acceptors (Lipinski definition) is 5. The first-order chi connectivity index (χ1) is 17.0. The van der Waals surface area contributed by atoms with Crippen LogP contribution < -0.4 is 0 Å². The maximum Gasteiger partial charge on any atom is 0.192 e. The summed E-state index contributed by atoms with van der Waals surface area (Å²) in [5.74, 6) is 1.86. The van der Waals surface area contributed by atoms with Crippen LogP contribution in [0.4, 0.5) is 0 Å². The Morgan fingerprint density at radius 3 is 2.34 bits per heavy atom. The van der Waals surface area contributed by atoms with Crippen molar-refractivity contribution >= 4 is 17.5 Å². The maximum absolute atomic E-state index is 13.3. The molecule has 0 unspecified atom stereocenters. The molecule has 0 aliphatic rings. The van der Waals surface area contributed by atoms with Crippen LogP contribution in [0.15, 0.2) is 88.6 Å². The van der Waals surface area contributed by atoms with E-state index in [0.717, 1.165) is 45.4 Å². The smallest absolute Gasteiger partial charge is 0.192 e. The van der Waals surface area contributed by atoms with Crippen molar-refractivity contribution in [3.8, 4) is 17.1 Å². The number of carbonyl (C=O) groups is 1. The Morgan fingerprint density at radius 1 is 0.943 bits per heavy atom. The van der Waals surface area contributed by atoms with Gasteiger partial charge < -0.3 is 8.98 Å². The molecule has 3 heterocycles. The Kier molecular flexibility index (Phi) is 6.42. The van der Waals surface area contributed by atoms with Crippen molar-refractivity contribution < 1.29 is 9.21 Å². The van der Waals surface area contributed by atoms with E-state index in [1.165, 1.54) is 11.8 Å². The van der Waals surface area contributed by atoms with Gasteiger partial charge in [-0.15, -0.1) is 10.2 Å². The zero-order valence-electron chi connectivity index (χ0n) is 19.9. The lowest BCUT2D eigenvalue weighted by Crippen LogP contribution is -2.08. The van der Waals surface area contributed by atoms with Gasteiger partial charge in [0.2, 0.25) is 0 Å². The minimum Gasteiger partial charge on any atom is -0.469 e. The minimum atomic E-state index is 0.0700. The second kappa shape index (κ2) is 9.80. The number of furan rings is 1. The van der Waals surface area contributed by atoms with E-state index in [1.54, 1.807) is 6.26 Å². The van der Waals surface area contributed by atoms with Crippen LogP contribution in [-0.4, -0.2) is 30.9 Å². The molecule has 5 aromatic rings. The molecule has 0 aliphatic heterocycles. The van der Waals surface area contributed by atoms with Gasteiger partial charge in [0, 0.05) is 22.6 Å². The first-order valence-electron chi connectivity index (χ1n) is 11.4. The molecular weight excluding hydrogens is 456 g/mol. The predicted octanol–water partition coefficient (Wildman–Crippen LogP) is 6.28. The number of benzene rings is 2. The molecule has 0 atom stereocenters. The Balaban J connectivity index is 1.42. The van der Waals surface area contributed by atoms with Crippen LogP contribution in [-0.2, 0) is 6.54 Å². The molecule has 2 aromatic carbocycles. The second-order valence-corrected chi connectivity index (χ2v) is 9.38. The number of thioether (sulfide) groups is 1. The van der Waals surface area contributed by atoms with Gasteiger partial charge in [-0.25, -0.2) is 0 Å². The normalized spacial score (nSPS) is 11.2. The Labute approximate surface area is 208 Å². The topological polar surface area (TPSA) is 65.8 Å². The molecule has 5 rings (SSSR count). The van der Waals surface area contributed by atoms with E-state index < -0.39 is 0 Å². The fourth-order valence-electron chi connectivity index (χ4n) is 4.35. The number of rotatable bonds is 8. The summed E-state index contributed by atoms with van der Waals surface area (Å²) in [6.07, 6.45) is 1.66. The Bertz CT molecular complexity index is 1470. The van der Waals surface area contributed by atoms with Gasteiger partial charge in [0.15, 0.2) is 16.8 Å². The standard InChI is InChI=1S/C28H26N4O2S/c1-19-16-25(20(2)32(19)23-12-8-5-9-13-23)26(33)18-35-28-30-29-27(24-14-15-34-21(24)3)31(28)17-22-10-6-4-7-11-22/h4-16H,17-18H2,1-3H3. The summed E-state index contributed by atoms with van der Waals surface area (Å²) in [7, 11) is 0. The summed E-state index contributed by atoms with van der Waals surface area (Å²) >= 11 is 1.41. The molecule has 0 fully saturated rings. The summed E-state index contributed by atoms with van der Waals surface area (Å²) in [6.45, 7) is 6.54. The van der Waals surface area contributed by atoms with Gasteiger partial charge in [-0.2, -0.15) is 0 Å². The van der Waals surface area contributed by atoms with Crippen molar-refractivity contribution in [2.75, 3.05) is 5.75 Å². The first-order valence-corrected chi connectivity index (χ1v) is 12.4. The van der Waals surface area contributed by atoms with Crippen LogP contribution in [0.2, 0.25) is 0 Å². The van der Waals surface area contributed by atoms with E-state index in [-0.39, 0.29) is 11.5 Å². The average Bonchev–Trinajstić information content (AvgIpc) is 3.55. The van der Waals surface area contributed by atoms with Crippen LogP contribution in [0.3, 0.4) is 0 Å². The summed E-state index contributed by atoms with van der Waals surface area (Å²) in [5.41, 5.74) is 5.80. The highest BCUT2D eigenvalue weighted by atomic mass is 32.2. The number of carbonyl (C=O) groups excluding carboxylic acids is 1. The lowest BCUT2D eigenvalue weighted by atomic mass is 10.2. The van der Waals surface area contributed by atoms with E-state index in [1.807, 2.05) is 69.3 Å².